The van der Waals surface area contributed by atoms with E-state index in [9.17, 15) is 9.18 Å². The predicted molar refractivity (Wildman–Crippen MR) is 151 cm³/mol. The summed E-state index contributed by atoms with van der Waals surface area (Å²) >= 11 is 0. The first kappa shape index (κ1) is 31.1. The monoisotopic (exact) mass is 575 g/mol. The predicted octanol–water partition coefficient (Wildman–Crippen LogP) is 6.53. The highest BCUT2D eigenvalue weighted by Crippen LogP contribution is 2.50. The molecule has 2 aliphatic rings. The summed E-state index contributed by atoms with van der Waals surface area (Å²) in [5.74, 6) is -2.30. The fourth-order valence-corrected chi connectivity index (χ4v) is 5.77. The van der Waals surface area contributed by atoms with Gasteiger partial charge in [-0.25, -0.2) is 18.0 Å². The van der Waals surface area contributed by atoms with Gasteiger partial charge >= 0.3 is 5.97 Å². The highest BCUT2D eigenvalue weighted by Gasteiger charge is 2.42. The first-order valence-electron chi connectivity index (χ1n) is 14.3. The number of hydrogen-bond donors (Lipinski definition) is 1. The van der Waals surface area contributed by atoms with Gasteiger partial charge < -0.3 is 19.3 Å². The largest absolute Gasteiger partial charge is 0.493 e. The summed E-state index contributed by atoms with van der Waals surface area (Å²) in [7, 11) is 0. The van der Waals surface area contributed by atoms with E-state index in [-0.39, 0.29) is 37.1 Å². The molecule has 0 fully saturated rings. The van der Waals surface area contributed by atoms with E-state index < -0.39 is 29.3 Å². The van der Waals surface area contributed by atoms with E-state index >= 15 is 8.78 Å². The lowest BCUT2D eigenvalue weighted by Crippen LogP contribution is -2.47. The number of aliphatic carboxylic acids is 1. The third-order valence-corrected chi connectivity index (χ3v) is 7.48. The minimum absolute atomic E-state index is 0.0540. The molecule has 9 heteroatoms. The van der Waals surface area contributed by atoms with E-state index in [1.807, 2.05) is 30.0 Å². The van der Waals surface area contributed by atoms with E-state index in [1.54, 1.807) is 0 Å². The van der Waals surface area contributed by atoms with E-state index in [0.29, 0.717) is 45.5 Å². The lowest BCUT2D eigenvalue weighted by atomic mass is 9.84. The minimum atomic E-state index is -1.54. The summed E-state index contributed by atoms with van der Waals surface area (Å²) in [5, 5.41) is 8.52. The molecule has 41 heavy (non-hydrogen) atoms. The van der Waals surface area contributed by atoms with Crippen LogP contribution in [0.25, 0.3) is 5.57 Å². The lowest BCUT2D eigenvalue weighted by molar-refractivity contribution is -0.142. The Bertz CT molecular complexity index is 1220. The molecule has 1 aliphatic carbocycles. The van der Waals surface area contributed by atoms with Crippen LogP contribution in [0.15, 0.2) is 42.0 Å². The Hall–Kier alpha value is -2.88. The molecule has 224 valence electrons. The molecule has 0 bridgehead atoms. The van der Waals surface area contributed by atoms with Gasteiger partial charge in [0.25, 0.3) is 0 Å². The van der Waals surface area contributed by atoms with Gasteiger partial charge in [0.1, 0.15) is 29.7 Å². The van der Waals surface area contributed by atoms with Gasteiger partial charge in [0.05, 0.1) is 12.6 Å². The number of halogens is 3. The third kappa shape index (κ3) is 8.11. The molecule has 2 aromatic carbocycles. The SMILES string of the molecule is C[C@@H]1CC2=C(Cc3ccccc32)[C@@H](c2c(F)cc(OCCCOCCCCOCC(=O)O)cc2F)N1CC(C)(C)F. The molecule has 1 N–H and O–H groups in total. The first-order chi connectivity index (χ1) is 19.5. The van der Waals surface area contributed by atoms with Crippen LogP contribution in [0.3, 0.4) is 0 Å². The summed E-state index contributed by atoms with van der Waals surface area (Å²) in [4.78, 5) is 12.3. The van der Waals surface area contributed by atoms with Crippen molar-refractivity contribution < 1.29 is 37.3 Å². The summed E-state index contributed by atoms with van der Waals surface area (Å²) < 4.78 is 62.6. The smallest absolute Gasteiger partial charge is 0.329 e. The van der Waals surface area contributed by atoms with Crippen LogP contribution in [0.1, 0.15) is 69.2 Å². The fraction of sp³-hybridized carbons (Fsp3) is 0.531. The van der Waals surface area contributed by atoms with Gasteiger partial charge in [0.15, 0.2) is 0 Å². The van der Waals surface area contributed by atoms with Gasteiger partial charge in [-0.1, -0.05) is 24.3 Å². The molecule has 2 atom stereocenters. The zero-order valence-corrected chi connectivity index (χ0v) is 24.1. The van der Waals surface area contributed by atoms with Gasteiger partial charge in [0, 0.05) is 56.5 Å². The quantitative estimate of drug-likeness (QED) is 0.244. The first-order valence-corrected chi connectivity index (χ1v) is 14.3. The van der Waals surface area contributed by atoms with Crippen molar-refractivity contribution in [1.29, 1.82) is 0 Å². The van der Waals surface area contributed by atoms with E-state index in [0.717, 1.165) is 28.7 Å². The summed E-state index contributed by atoms with van der Waals surface area (Å²) in [6, 6.07) is 9.66. The summed E-state index contributed by atoms with van der Waals surface area (Å²) in [5.41, 5.74) is 2.69. The Labute approximate surface area is 240 Å². The molecule has 1 aliphatic heterocycles. The Morgan fingerprint density at radius 3 is 2.37 bits per heavy atom. The number of unbranched alkanes of at least 4 members (excludes halogenated alkanes) is 1. The van der Waals surface area contributed by atoms with Gasteiger partial charge in [-0.15, -0.1) is 0 Å². The van der Waals surface area contributed by atoms with Crippen LogP contribution >= 0.6 is 0 Å². The van der Waals surface area contributed by atoms with Crippen molar-refractivity contribution in [2.45, 2.75) is 70.6 Å². The fourth-order valence-electron chi connectivity index (χ4n) is 5.77. The molecule has 0 spiro atoms. The molecule has 0 saturated heterocycles. The third-order valence-electron chi connectivity index (χ3n) is 7.48. The maximum atomic E-state index is 15.7. The van der Waals surface area contributed by atoms with Crippen molar-refractivity contribution in [3.05, 3.63) is 70.3 Å². The molecular formula is C32H40F3NO5. The van der Waals surface area contributed by atoms with E-state index in [2.05, 4.69) is 6.07 Å². The van der Waals surface area contributed by atoms with Crippen LogP contribution in [0.4, 0.5) is 13.2 Å². The minimum Gasteiger partial charge on any atom is -0.493 e. The van der Waals surface area contributed by atoms with Gasteiger partial charge in [-0.05, 0) is 68.7 Å². The highest BCUT2D eigenvalue weighted by atomic mass is 19.1. The van der Waals surface area contributed by atoms with Crippen LogP contribution in [-0.2, 0) is 20.7 Å². The van der Waals surface area contributed by atoms with Crippen molar-refractivity contribution in [3.8, 4) is 5.75 Å². The average Bonchev–Trinajstić information content (AvgIpc) is 3.25. The second kappa shape index (κ2) is 13.9. The number of carboxylic acid groups (broad SMARTS) is 1. The van der Waals surface area contributed by atoms with Crippen molar-refractivity contribution >= 4 is 11.5 Å². The van der Waals surface area contributed by atoms with Crippen molar-refractivity contribution in [1.82, 2.24) is 4.90 Å². The highest BCUT2D eigenvalue weighted by molar-refractivity contribution is 5.79. The van der Waals surface area contributed by atoms with Gasteiger partial charge in [0.2, 0.25) is 0 Å². The maximum absolute atomic E-state index is 15.7. The van der Waals surface area contributed by atoms with Crippen molar-refractivity contribution in [3.63, 3.8) is 0 Å². The molecule has 6 nitrogen and oxygen atoms in total. The maximum Gasteiger partial charge on any atom is 0.329 e. The van der Waals surface area contributed by atoms with Crippen LogP contribution < -0.4 is 4.74 Å². The number of hydrogen-bond acceptors (Lipinski definition) is 5. The van der Waals surface area contributed by atoms with Crippen LogP contribution in [0, 0.1) is 11.6 Å². The second-order valence-corrected chi connectivity index (χ2v) is 11.5. The Morgan fingerprint density at radius 1 is 1.02 bits per heavy atom. The molecule has 2 aromatic rings. The molecule has 0 saturated carbocycles. The Balaban J connectivity index is 1.40. The normalized spacial score (nSPS) is 18.9. The van der Waals surface area contributed by atoms with Crippen molar-refractivity contribution in [2.24, 2.45) is 0 Å². The molecule has 0 aromatic heterocycles. The Kier molecular flexibility index (Phi) is 10.5. The number of carbonyl (C=O) groups is 1. The number of benzene rings is 2. The second-order valence-electron chi connectivity index (χ2n) is 11.5. The zero-order valence-electron chi connectivity index (χ0n) is 24.1. The topological polar surface area (TPSA) is 68.2 Å². The molecule has 0 amide bonds. The van der Waals surface area contributed by atoms with Gasteiger partial charge in [-0.3, -0.25) is 4.90 Å². The molecular weight excluding hydrogens is 535 g/mol. The number of ether oxygens (including phenoxy) is 3. The molecule has 0 unspecified atom stereocenters. The Morgan fingerprint density at radius 2 is 1.68 bits per heavy atom. The average molecular weight is 576 g/mol. The molecule has 0 radical (unpaired) electrons. The summed E-state index contributed by atoms with van der Waals surface area (Å²) in [6.45, 7) is 6.24. The summed E-state index contributed by atoms with van der Waals surface area (Å²) in [6.07, 6.45) is 3.24. The number of fused-ring (bicyclic) bond motifs is 2. The van der Waals surface area contributed by atoms with E-state index in [4.69, 9.17) is 19.3 Å². The van der Waals surface area contributed by atoms with E-state index in [1.165, 1.54) is 26.0 Å². The molecule has 1 heterocycles. The number of carboxylic acids is 1. The number of nitrogens with zero attached hydrogens (tertiary/aromatic N) is 1. The lowest BCUT2D eigenvalue weighted by Gasteiger charge is -2.44. The number of rotatable bonds is 15. The van der Waals surface area contributed by atoms with Crippen LogP contribution in [-0.4, -0.2) is 67.3 Å². The van der Waals surface area contributed by atoms with Crippen LogP contribution in [0.5, 0.6) is 5.75 Å². The number of alkyl halides is 1. The standard InChI is InChI=1S/C32H40F3NO5/c1-21-15-25-24-10-5-4-9-22(24)16-26(25)31(36(21)20-32(2,3)35)30-27(33)17-23(18-28(30)34)41-14-8-13-39-11-6-7-12-40-19-29(37)38/h4-5,9-10,17-18,21,31H,6-8,11-16,19-20H2,1-3H3,(H,37,38)/t21-,31+/m1/s1. The van der Waals surface area contributed by atoms with Gasteiger partial charge in [-0.2, -0.15) is 0 Å². The van der Waals surface area contributed by atoms with Crippen molar-refractivity contribution in [2.75, 3.05) is 39.6 Å². The zero-order chi connectivity index (χ0) is 29.6. The van der Waals surface area contributed by atoms with Crippen LogP contribution in [0.2, 0.25) is 0 Å². The molecule has 4 rings (SSSR count).